The van der Waals surface area contributed by atoms with Crippen molar-refractivity contribution in [1.82, 2.24) is 10.3 Å². The van der Waals surface area contributed by atoms with E-state index in [1.54, 1.807) is 0 Å². The lowest BCUT2D eigenvalue weighted by Gasteiger charge is -2.40. The molecule has 100 valence electrons. The summed E-state index contributed by atoms with van der Waals surface area (Å²) < 4.78 is 0. The minimum atomic E-state index is 0.555. The number of nitrogens with one attached hydrogen (secondary N) is 1. The fraction of sp³-hybridized carbons (Fsp3) is 0.438. The van der Waals surface area contributed by atoms with Crippen LogP contribution in [-0.2, 0) is 0 Å². The average molecular weight is 255 g/mol. The Morgan fingerprint density at radius 3 is 3.05 bits per heavy atom. The Morgan fingerprint density at radius 1 is 1.32 bits per heavy atom. The molecule has 0 saturated carbocycles. The van der Waals surface area contributed by atoms with Crippen LogP contribution in [0.5, 0.6) is 0 Å². The molecular weight excluding hydrogens is 234 g/mol. The van der Waals surface area contributed by atoms with Crippen molar-refractivity contribution in [3.63, 3.8) is 0 Å². The smallest absolute Gasteiger partial charge is 0.0465 e. The van der Waals surface area contributed by atoms with Crippen LogP contribution in [0.4, 0.5) is 5.69 Å². The maximum absolute atomic E-state index is 4.30. The van der Waals surface area contributed by atoms with Crippen molar-refractivity contribution >= 4 is 16.5 Å². The van der Waals surface area contributed by atoms with Crippen molar-refractivity contribution in [2.24, 2.45) is 5.92 Å². The zero-order chi connectivity index (χ0) is 13.2. The van der Waals surface area contributed by atoms with Crippen LogP contribution >= 0.6 is 0 Å². The lowest BCUT2D eigenvalue weighted by atomic mass is 9.98. The van der Waals surface area contributed by atoms with Gasteiger partial charge in [-0.3, -0.25) is 4.98 Å². The number of piperazine rings is 1. The van der Waals surface area contributed by atoms with Crippen molar-refractivity contribution < 1.29 is 0 Å². The monoisotopic (exact) mass is 255 g/mol. The fourth-order valence-corrected chi connectivity index (χ4v) is 2.97. The van der Waals surface area contributed by atoms with Gasteiger partial charge in [-0.2, -0.15) is 0 Å². The van der Waals surface area contributed by atoms with Crippen LogP contribution in [0.2, 0.25) is 0 Å². The van der Waals surface area contributed by atoms with E-state index in [0.29, 0.717) is 12.0 Å². The minimum Gasteiger partial charge on any atom is -0.365 e. The van der Waals surface area contributed by atoms with Crippen molar-refractivity contribution in [3.05, 3.63) is 36.7 Å². The zero-order valence-corrected chi connectivity index (χ0v) is 11.6. The molecule has 2 heterocycles. The number of pyridine rings is 1. The Hall–Kier alpha value is -1.61. The summed E-state index contributed by atoms with van der Waals surface area (Å²) in [4.78, 5) is 6.84. The number of hydrogen-bond donors (Lipinski definition) is 1. The van der Waals surface area contributed by atoms with E-state index in [0.717, 1.165) is 19.6 Å². The fourth-order valence-electron chi connectivity index (χ4n) is 2.97. The van der Waals surface area contributed by atoms with Crippen molar-refractivity contribution in [3.8, 4) is 0 Å². The predicted molar refractivity (Wildman–Crippen MR) is 80.6 cm³/mol. The molecule has 0 spiro atoms. The number of nitrogens with zero attached hydrogens (tertiary/aromatic N) is 2. The summed E-state index contributed by atoms with van der Waals surface area (Å²) in [5.74, 6) is 0.639. The summed E-state index contributed by atoms with van der Waals surface area (Å²) in [6.45, 7) is 7.78. The van der Waals surface area contributed by atoms with Gasteiger partial charge in [-0.15, -0.1) is 0 Å². The molecule has 1 aliphatic rings. The Labute approximate surface area is 114 Å². The van der Waals surface area contributed by atoms with Crippen LogP contribution in [0.15, 0.2) is 36.7 Å². The molecule has 3 heteroatoms. The SMILES string of the molecule is CC(C)C1CNCCN1c1cccc2ccncc12. The van der Waals surface area contributed by atoms with E-state index < -0.39 is 0 Å². The van der Waals surface area contributed by atoms with Crippen LogP contribution in [0.1, 0.15) is 13.8 Å². The highest BCUT2D eigenvalue weighted by Gasteiger charge is 2.25. The Balaban J connectivity index is 2.07. The third-order valence-electron chi connectivity index (χ3n) is 4.02. The van der Waals surface area contributed by atoms with E-state index in [1.165, 1.54) is 16.5 Å². The van der Waals surface area contributed by atoms with E-state index >= 15 is 0 Å². The molecule has 1 aliphatic heterocycles. The van der Waals surface area contributed by atoms with E-state index in [2.05, 4.69) is 53.3 Å². The molecule has 1 aromatic heterocycles. The Bertz CT molecular complexity index is 559. The quantitative estimate of drug-likeness (QED) is 0.894. The van der Waals surface area contributed by atoms with Crippen molar-refractivity contribution in [2.75, 3.05) is 24.5 Å². The highest BCUT2D eigenvalue weighted by atomic mass is 15.2. The van der Waals surface area contributed by atoms with Gasteiger partial charge in [-0.25, -0.2) is 0 Å². The average Bonchev–Trinajstić information content (AvgIpc) is 2.46. The summed E-state index contributed by atoms with van der Waals surface area (Å²) in [6.07, 6.45) is 3.86. The normalized spacial score (nSPS) is 20.2. The van der Waals surface area contributed by atoms with E-state index in [-0.39, 0.29) is 0 Å². The molecule has 0 bridgehead atoms. The summed E-state index contributed by atoms with van der Waals surface area (Å²) in [7, 11) is 0. The zero-order valence-electron chi connectivity index (χ0n) is 11.6. The molecule has 1 fully saturated rings. The molecule has 3 rings (SSSR count). The molecular formula is C16H21N3. The maximum atomic E-state index is 4.30. The van der Waals surface area contributed by atoms with E-state index in [9.17, 15) is 0 Å². The van der Waals surface area contributed by atoms with Crippen molar-refractivity contribution in [2.45, 2.75) is 19.9 Å². The molecule has 0 amide bonds. The summed E-state index contributed by atoms with van der Waals surface area (Å²) >= 11 is 0. The van der Waals surface area contributed by atoms with E-state index in [4.69, 9.17) is 0 Å². The predicted octanol–water partition coefficient (Wildman–Crippen LogP) is 2.67. The molecule has 2 aromatic rings. The molecule has 1 atom stereocenters. The Morgan fingerprint density at radius 2 is 2.21 bits per heavy atom. The summed E-state index contributed by atoms with van der Waals surface area (Å²) in [5.41, 5.74) is 1.32. The first kappa shape index (κ1) is 12.4. The van der Waals surface area contributed by atoms with Crippen LogP contribution in [0.3, 0.4) is 0 Å². The van der Waals surface area contributed by atoms with Crippen LogP contribution in [-0.4, -0.2) is 30.7 Å². The minimum absolute atomic E-state index is 0.555. The number of anilines is 1. The van der Waals surface area contributed by atoms with Gasteiger partial charge in [-0.05, 0) is 23.4 Å². The van der Waals surface area contributed by atoms with Gasteiger partial charge in [-0.1, -0.05) is 26.0 Å². The second-order valence-electron chi connectivity index (χ2n) is 5.58. The molecule has 0 radical (unpaired) electrons. The topological polar surface area (TPSA) is 28.2 Å². The molecule has 1 unspecified atom stereocenters. The number of fused-ring (bicyclic) bond motifs is 1. The first-order chi connectivity index (χ1) is 9.27. The first-order valence-electron chi connectivity index (χ1n) is 7.07. The second kappa shape index (κ2) is 5.17. The second-order valence-corrected chi connectivity index (χ2v) is 5.58. The van der Waals surface area contributed by atoms with Gasteiger partial charge in [0.05, 0.1) is 0 Å². The third kappa shape index (κ3) is 2.30. The third-order valence-corrected chi connectivity index (χ3v) is 4.02. The molecule has 1 N–H and O–H groups in total. The van der Waals surface area contributed by atoms with Gasteiger partial charge in [0.1, 0.15) is 0 Å². The standard InChI is InChI=1S/C16H21N3/c1-12(2)16-11-18-8-9-19(16)15-5-3-4-13-6-7-17-10-14(13)15/h3-7,10,12,16,18H,8-9,11H2,1-2H3. The highest BCUT2D eigenvalue weighted by molar-refractivity contribution is 5.93. The number of benzene rings is 1. The van der Waals surface area contributed by atoms with Crippen LogP contribution < -0.4 is 10.2 Å². The van der Waals surface area contributed by atoms with Crippen LogP contribution in [0.25, 0.3) is 10.8 Å². The summed E-state index contributed by atoms with van der Waals surface area (Å²) in [6, 6.07) is 9.18. The molecule has 1 aromatic carbocycles. The van der Waals surface area contributed by atoms with Gasteiger partial charge >= 0.3 is 0 Å². The van der Waals surface area contributed by atoms with Gasteiger partial charge in [0.25, 0.3) is 0 Å². The number of aromatic nitrogens is 1. The highest BCUT2D eigenvalue weighted by Crippen LogP contribution is 2.29. The van der Waals surface area contributed by atoms with Gasteiger partial charge in [0.2, 0.25) is 0 Å². The van der Waals surface area contributed by atoms with Crippen molar-refractivity contribution in [1.29, 1.82) is 0 Å². The molecule has 3 nitrogen and oxygen atoms in total. The largest absolute Gasteiger partial charge is 0.365 e. The lowest BCUT2D eigenvalue weighted by Crippen LogP contribution is -2.53. The number of hydrogen-bond acceptors (Lipinski definition) is 3. The number of rotatable bonds is 2. The maximum Gasteiger partial charge on any atom is 0.0465 e. The van der Waals surface area contributed by atoms with Gasteiger partial charge < -0.3 is 10.2 Å². The van der Waals surface area contributed by atoms with Gasteiger partial charge in [0.15, 0.2) is 0 Å². The Kier molecular flexibility index (Phi) is 3.38. The molecule has 0 aliphatic carbocycles. The molecule has 1 saturated heterocycles. The first-order valence-corrected chi connectivity index (χ1v) is 7.07. The van der Waals surface area contributed by atoms with Gasteiger partial charge in [0, 0.05) is 49.1 Å². The van der Waals surface area contributed by atoms with E-state index in [1.807, 2.05) is 12.4 Å². The molecule has 19 heavy (non-hydrogen) atoms. The van der Waals surface area contributed by atoms with Crippen LogP contribution in [0, 0.1) is 5.92 Å². The summed E-state index contributed by atoms with van der Waals surface area (Å²) in [5, 5.41) is 6.04. The lowest BCUT2D eigenvalue weighted by molar-refractivity contribution is 0.391.